The lowest BCUT2D eigenvalue weighted by Gasteiger charge is -2.49. The van der Waals surface area contributed by atoms with Gasteiger partial charge in [0.15, 0.2) is 5.82 Å². The highest BCUT2D eigenvalue weighted by atomic mass is 35.5. The molecule has 2 aliphatic rings. The van der Waals surface area contributed by atoms with E-state index in [-0.39, 0.29) is 36.3 Å². The highest BCUT2D eigenvalue weighted by molar-refractivity contribution is 6.35. The second-order valence-corrected chi connectivity index (χ2v) is 10.5. The Bertz CT molecular complexity index is 1370. The molecule has 2 N–H and O–H groups in total. The van der Waals surface area contributed by atoms with Crippen molar-refractivity contribution >= 4 is 40.9 Å². The fourth-order valence-electron chi connectivity index (χ4n) is 5.64. The molecule has 1 unspecified atom stereocenters. The summed E-state index contributed by atoms with van der Waals surface area (Å²) in [6.45, 7) is 1.35. The fraction of sp³-hybridized carbons (Fsp3) is 0.370. The lowest BCUT2D eigenvalue weighted by Crippen LogP contribution is -2.59. The number of amides is 3. The van der Waals surface area contributed by atoms with Crippen molar-refractivity contribution < 1.29 is 23.7 Å². The molecule has 10 nitrogen and oxygen atoms in total. The molecule has 1 aliphatic carbocycles. The molecule has 12 heteroatoms. The number of nitrogens with one attached hydrogen (secondary N) is 2. The van der Waals surface area contributed by atoms with Crippen molar-refractivity contribution in [2.24, 2.45) is 0 Å². The zero-order valence-corrected chi connectivity index (χ0v) is 22.6. The van der Waals surface area contributed by atoms with Crippen LogP contribution in [0, 0.1) is 0 Å². The molecule has 3 amide bonds. The Morgan fingerprint density at radius 1 is 1.13 bits per heavy atom. The van der Waals surface area contributed by atoms with E-state index >= 15 is 0 Å². The third-order valence-corrected chi connectivity index (χ3v) is 7.76. The second-order valence-electron chi connectivity index (χ2n) is 9.65. The molecule has 5 rings (SSSR count). The summed E-state index contributed by atoms with van der Waals surface area (Å²) in [6.07, 6.45) is 4.32. The van der Waals surface area contributed by atoms with Gasteiger partial charge in [0.2, 0.25) is 12.3 Å². The highest BCUT2D eigenvalue weighted by Gasteiger charge is 2.49. The number of rotatable bonds is 7. The van der Waals surface area contributed by atoms with Crippen molar-refractivity contribution in [2.75, 3.05) is 0 Å². The number of carbonyl (C=O) groups is 3. The molecule has 2 aromatic carbocycles. The molecule has 0 spiro atoms. The number of fused-ring (bicyclic) bond motifs is 1. The maximum absolute atomic E-state index is 14.2. The lowest BCUT2D eigenvalue weighted by molar-refractivity contribution is -0.138. The molecular formula is C27H27Cl2N5O5. The van der Waals surface area contributed by atoms with E-state index in [9.17, 15) is 14.4 Å². The quantitative estimate of drug-likeness (QED) is 0.403. The van der Waals surface area contributed by atoms with Crippen LogP contribution >= 0.6 is 23.2 Å². The van der Waals surface area contributed by atoms with Gasteiger partial charge in [-0.3, -0.25) is 19.2 Å². The van der Waals surface area contributed by atoms with Crippen LogP contribution in [0.25, 0.3) is 0 Å². The van der Waals surface area contributed by atoms with Gasteiger partial charge in [0, 0.05) is 28.6 Å². The average molecular weight is 572 g/mol. The van der Waals surface area contributed by atoms with Crippen LogP contribution in [0.5, 0.6) is 0 Å². The highest BCUT2D eigenvalue weighted by Crippen LogP contribution is 2.47. The van der Waals surface area contributed by atoms with E-state index in [4.69, 9.17) is 32.6 Å². The van der Waals surface area contributed by atoms with Gasteiger partial charge >= 0.3 is 0 Å². The van der Waals surface area contributed by atoms with Gasteiger partial charge in [-0.25, -0.2) is 5.48 Å². The van der Waals surface area contributed by atoms with E-state index in [1.807, 2.05) is 0 Å². The van der Waals surface area contributed by atoms with Crippen molar-refractivity contribution in [3.05, 3.63) is 81.4 Å². The van der Waals surface area contributed by atoms with Crippen LogP contribution in [0.3, 0.4) is 0 Å². The van der Waals surface area contributed by atoms with Crippen LogP contribution in [-0.2, 0) is 21.0 Å². The predicted molar refractivity (Wildman–Crippen MR) is 142 cm³/mol. The van der Waals surface area contributed by atoms with Gasteiger partial charge in [-0.1, -0.05) is 65.5 Å². The Labute approximate surface area is 234 Å². The van der Waals surface area contributed by atoms with Crippen molar-refractivity contribution in [1.82, 2.24) is 25.8 Å². The molecule has 3 aromatic rings. The number of benzene rings is 2. The van der Waals surface area contributed by atoms with Crippen LogP contribution in [0.2, 0.25) is 10.0 Å². The monoisotopic (exact) mass is 571 g/mol. The summed E-state index contributed by atoms with van der Waals surface area (Å²) in [5.41, 5.74) is 4.02. The third-order valence-electron chi connectivity index (χ3n) is 7.20. The third kappa shape index (κ3) is 5.63. The number of hydrogen-bond acceptors (Lipinski definition) is 7. The standard InChI is InChI=1S/C27H27Cl2N5O5/c1-15(35)31-21-8-4-5-9-22(21)34-25(19-11-10-16(28)12-20(19)29)24(17-6-2-3-7-18(17)27(34)37)26(36)33-38-13-23-30-14-39-32-23/h2-3,6-7,10-12,14,21-22,24-25H,4-5,8-9,13H2,1H3,(H,31,35)(H,33,36)/t21-,22?,24+,25-/m0/s1. The van der Waals surface area contributed by atoms with Crippen LogP contribution in [0.15, 0.2) is 53.4 Å². The van der Waals surface area contributed by atoms with Gasteiger partial charge in [-0.2, -0.15) is 4.98 Å². The summed E-state index contributed by atoms with van der Waals surface area (Å²) in [4.78, 5) is 51.2. The number of nitrogens with zero attached hydrogens (tertiary/aromatic N) is 3. The molecule has 0 saturated heterocycles. The molecule has 1 fully saturated rings. The van der Waals surface area contributed by atoms with E-state index in [1.54, 1.807) is 47.4 Å². The Balaban J connectivity index is 1.60. The molecule has 39 heavy (non-hydrogen) atoms. The number of halogens is 2. The Kier molecular flexibility index (Phi) is 8.15. The first-order chi connectivity index (χ1) is 18.8. The smallest absolute Gasteiger partial charge is 0.255 e. The fourth-order valence-corrected chi connectivity index (χ4v) is 6.16. The minimum atomic E-state index is -0.886. The molecular weight excluding hydrogens is 545 g/mol. The maximum atomic E-state index is 14.2. The number of carbonyl (C=O) groups excluding carboxylic acids is 3. The predicted octanol–water partition coefficient (Wildman–Crippen LogP) is 4.35. The number of aromatic nitrogens is 2. The van der Waals surface area contributed by atoms with Crippen LogP contribution < -0.4 is 10.8 Å². The first-order valence-corrected chi connectivity index (χ1v) is 13.4. The largest absolute Gasteiger partial charge is 0.352 e. The van der Waals surface area contributed by atoms with Crippen LogP contribution in [0.1, 0.15) is 71.9 Å². The first-order valence-electron chi connectivity index (χ1n) is 12.7. The molecule has 4 atom stereocenters. The summed E-state index contributed by atoms with van der Waals surface area (Å²) >= 11 is 12.9. The molecule has 0 radical (unpaired) electrons. The van der Waals surface area contributed by atoms with E-state index in [0.717, 1.165) is 19.2 Å². The Morgan fingerprint density at radius 2 is 1.92 bits per heavy atom. The minimum absolute atomic E-state index is 0.112. The summed E-state index contributed by atoms with van der Waals surface area (Å²) in [7, 11) is 0. The number of hydrogen-bond donors (Lipinski definition) is 2. The molecule has 1 aromatic heterocycles. The van der Waals surface area contributed by atoms with Crippen molar-refractivity contribution in [3.8, 4) is 0 Å². The zero-order valence-electron chi connectivity index (χ0n) is 21.1. The first kappa shape index (κ1) is 27.1. The van der Waals surface area contributed by atoms with Gasteiger partial charge < -0.3 is 14.7 Å². The molecule has 204 valence electrons. The van der Waals surface area contributed by atoms with Crippen molar-refractivity contribution in [2.45, 2.75) is 63.3 Å². The summed E-state index contributed by atoms with van der Waals surface area (Å²) in [5.74, 6) is -1.52. The van der Waals surface area contributed by atoms with Crippen molar-refractivity contribution in [1.29, 1.82) is 0 Å². The zero-order chi connectivity index (χ0) is 27.5. The van der Waals surface area contributed by atoms with E-state index in [1.165, 1.54) is 6.92 Å². The SMILES string of the molecule is CC(=O)N[C@H]1CCCCC1N1C(=O)c2ccccc2[C@@H](C(=O)NOCc2ncon2)[C@@H]1c1ccc(Cl)cc1Cl. The van der Waals surface area contributed by atoms with Gasteiger partial charge in [-0.15, -0.1) is 0 Å². The van der Waals surface area contributed by atoms with Gasteiger partial charge in [-0.05, 0) is 42.2 Å². The van der Waals surface area contributed by atoms with E-state index in [0.29, 0.717) is 39.6 Å². The summed E-state index contributed by atoms with van der Waals surface area (Å²) in [5, 5.41) is 7.46. The van der Waals surface area contributed by atoms with Gasteiger partial charge in [0.05, 0.1) is 18.0 Å². The maximum Gasteiger partial charge on any atom is 0.255 e. The van der Waals surface area contributed by atoms with Crippen LogP contribution in [-0.4, -0.2) is 44.8 Å². The molecule has 1 saturated carbocycles. The molecule has 2 heterocycles. The Hall–Kier alpha value is -3.47. The lowest BCUT2D eigenvalue weighted by atomic mass is 9.76. The summed E-state index contributed by atoms with van der Waals surface area (Å²) < 4.78 is 4.71. The Morgan fingerprint density at radius 3 is 2.67 bits per heavy atom. The number of hydroxylamine groups is 1. The van der Waals surface area contributed by atoms with E-state index in [2.05, 4.69) is 20.9 Å². The average Bonchev–Trinajstić information content (AvgIpc) is 3.43. The normalized spacial score (nSPS) is 22.7. The summed E-state index contributed by atoms with van der Waals surface area (Å²) in [6, 6.07) is 10.6. The molecule has 0 bridgehead atoms. The van der Waals surface area contributed by atoms with Crippen LogP contribution in [0.4, 0.5) is 0 Å². The van der Waals surface area contributed by atoms with Gasteiger partial charge in [0.1, 0.15) is 6.61 Å². The van der Waals surface area contributed by atoms with Gasteiger partial charge in [0.25, 0.3) is 11.8 Å². The van der Waals surface area contributed by atoms with E-state index < -0.39 is 17.9 Å². The minimum Gasteiger partial charge on any atom is -0.352 e. The topological polar surface area (TPSA) is 127 Å². The second kappa shape index (κ2) is 11.7. The molecule has 1 aliphatic heterocycles. The van der Waals surface area contributed by atoms with Crippen molar-refractivity contribution in [3.63, 3.8) is 0 Å².